The molecule has 69 heavy (non-hydrogen) atoms. The van der Waals surface area contributed by atoms with Gasteiger partial charge < -0.3 is 9.13 Å². The topological polar surface area (TPSA) is 59.4 Å². The number of hydrogen-bond donors (Lipinski definition) is 0. The SMILES string of the molecule is Cc1cccc(C(F)(F)F)c1-c1cc(-n2c3ccccc3c3cc(-c4ccnc(-c5ccccc5)c4)ccc32)c(-n2c3ccccc3c3cc(-c4ccnc(-c5ccccc5)c4)ccc32)cc1C#N. The second-order valence-electron chi connectivity index (χ2n) is 17.3. The Bertz CT molecular complexity index is 4030. The van der Waals surface area contributed by atoms with E-state index in [1.807, 2.05) is 116 Å². The van der Waals surface area contributed by atoms with Crippen LogP contribution in [-0.4, -0.2) is 19.1 Å². The normalized spacial score (nSPS) is 11.8. The number of halogens is 3. The number of nitriles is 1. The van der Waals surface area contributed by atoms with Gasteiger partial charge in [0.25, 0.3) is 0 Å². The van der Waals surface area contributed by atoms with Gasteiger partial charge in [-0.1, -0.05) is 121 Å². The number of alkyl halides is 3. The van der Waals surface area contributed by atoms with Gasteiger partial charge in [-0.3, -0.25) is 9.97 Å². The first-order valence-electron chi connectivity index (χ1n) is 22.6. The molecule has 8 aromatic carbocycles. The van der Waals surface area contributed by atoms with Crippen molar-refractivity contribution in [2.75, 3.05) is 0 Å². The molecule has 0 unspecified atom stereocenters. The summed E-state index contributed by atoms with van der Waals surface area (Å²) in [6.45, 7) is 1.67. The Hall–Kier alpha value is -9.06. The molecule has 0 atom stereocenters. The first kappa shape index (κ1) is 41.4. The smallest absolute Gasteiger partial charge is 0.307 e. The molecule has 0 bridgehead atoms. The van der Waals surface area contributed by atoms with Crippen LogP contribution in [0.3, 0.4) is 0 Å². The van der Waals surface area contributed by atoms with Gasteiger partial charge in [-0.2, -0.15) is 18.4 Å². The lowest BCUT2D eigenvalue weighted by atomic mass is 9.90. The van der Waals surface area contributed by atoms with Crippen molar-refractivity contribution in [2.24, 2.45) is 0 Å². The summed E-state index contributed by atoms with van der Waals surface area (Å²) in [4.78, 5) is 9.35. The van der Waals surface area contributed by atoms with E-state index in [1.165, 1.54) is 6.07 Å². The highest BCUT2D eigenvalue weighted by Crippen LogP contribution is 2.45. The molecule has 0 N–H and O–H groups in total. The van der Waals surface area contributed by atoms with Crippen molar-refractivity contribution in [1.82, 2.24) is 19.1 Å². The molecule has 0 amide bonds. The van der Waals surface area contributed by atoms with Crippen LogP contribution in [-0.2, 0) is 6.18 Å². The van der Waals surface area contributed by atoms with Gasteiger partial charge in [-0.25, -0.2) is 0 Å². The van der Waals surface area contributed by atoms with Crippen LogP contribution in [0.2, 0.25) is 0 Å². The fourth-order valence-corrected chi connectivity index (χ4v) is 10.1. The van der Waals surface area contributed by atoms with E-state index in [2.05, 4.69) is 91.9 Å². The molecule has 0 aliphatic heterocycles. The average molecular weight is 898 g/mol. The largest absolute Gasteiger partial charge is 0.417 e. The van der Waals surface area contributed by atoms with Crippen molar-refractivity contribution < 1.29 is 13.2 Å². The molecule has 4 heterocycles. The van der Waals surface area contributed by atoms with E-state index in [4.69, 9.17) is 0 Å². The minimum Gasteiger partial charge on any atom is -0.307 e. The molecule has 0 saturated carbocycles. The summed E-state index contributed by atoms with van der Waals surface area (Å²) in [5.41, 5.74) is 12.4. The van der Waals surface area contributed by atoms with E-state index < -0.39 is 11.7 Å². The highest BCUT2D eigenvalue weighted by molar-refractivity contribution is 6.13. The monoisotopic (exact) mass is 897 g/mol. The first-order valence-corrected chi connectivity index (χ1v) is 22.6. The number of aryl methyl sites for hydroxylation is 1. The predicted octanol–water partition coefficient (Wildman–Crippen LogP) is 16.2. The molecular weight excluding hydrogens is 860 g/mol. The van der Waals surface area contributed by atoms with Gasteiger partial charge in [0.05, 0.1) is 62.0 Å². The van der Waals surface area contributed by atoms with Gasteiger partial charge in [-0.05, 0) is 119 Å². The number of rotatable bonds is 7. The second-order valence-corrected chi connectivity index (χ2v) is 17.3. The summed E-state index contributed by atoms with van der Waals surface area (Å²) in [6, 6.07) is 67.4. The van der Waals surface area contributed by atoms with Crippen molar-refractivity contribution in [3.05, 3.63) is 229 Å². The molecule has 8 heteroatoms. The minimum atomic E-state index is -4.68. The molecule has 0 radical (unpaired) electrons. The summed E-state index contributed by atoms with van der Waals surface area (Å²) in [6.07, 6.45) is -1.02. The van der Waals surface area contributed by atoms with Crippen LogP contribution < -0.4 is 0 Å². The van der Waals surface area contributed by atoms with Gasteiger partial charge >= 0.3 is 6.18 Å². The highest BCUT2D eigenvalue weighted by Gasteiger charge is 2.35. The van der Waals surface area contributed by atoms with Crippen LogP contribution in [0.5, 0.6) is 0 Å². The Morgan fingerprint density at radius 3 is 1.41 bits per heavy atom. The molecule has 0 spiro atoms. The van der Waals surface area contributed by atoms with Crippen LogP contribution in [0.1, 0.15) is 16.7 Å². The number of para-hydroxylation sites is 2. The number of benzene rings is 8. The van der Waals surface area contributed by atoms with Crippen LogP contribution in [0, 0.1) is 18.3 Å². The van der Waals surface area contributed by atoms with Gasteiger partial charge in [0.1, 0.15) is 0 Å². The maximum absolute atomic E-state index is 15.1. The number of aromatic nitrogens is 4. The van der Waals surface area contributed by atoms with E-state index in [9.17, 15) is 5.26 Å². The fourth-order valence-electron chi connectivity index (χ4n) is 10.1. The van der Waals surface area contributed by atoms with Gasteiger partial charge in [0.2, 0.25) is 0 Å². The summed E-state index contributed by atoms with van der Waals surface area (Å²) >= 11 is 0. The Morgan fingerprint density at radius 2 is 0.899 bits per heavy atom. The molecule has 0 fully saturated rings. The molecule has 0 aliphatic carbocycles. The third-order valence-corrected chi connectivity index (χ3v) is 13.2. The number of pyridine rings is 2. The lowest BCUT2D eigenvalue weighted by Crippen LogP contribution is -2.10. The van der Waals surface area contributed by atoms with Crippen LogP contribution >= 0.6 is 0 Å². The van der Waals surface area contributed by atoms with Crippen molar-refractivity contribution in [1.29, 1.82) is 5.26 Å². The first-order chi connectivity index (χ1) is 33.7. The molecule has 0 saturated heterocycles. The zero-order valence-corrected chi connectivity index (χ0v) is 37.1. The van der Waals surface area contributed by atoms with Crippen molar-refractivity contribution in [3.8, 4) is 73.3 Å². The molecular formula is C61H38F3N5. The maximum Gasteiger partial charge on any atom is 0.417 e. The molecule has 328 valence electrons. The molecule has 0 aliphatic rings. The second kappa shape index (κ2) is 16.4. The third kappa shape index (κ3) is 7.02. The lowest BCUT2D eigenvalue weighted by Gasteiger charge is -2.22. The summed E-state index contributed by atoms with van der Waals surface area (Å²) in [5.74, 6) is 0. The fraction of sp³-hybridized carbons (Fsp3) is 0.0328. The van der Waals surface area contributed by atoms with E-state index in [1.54, 1.807) is 25.1 Å². The van der Waals surface area contributed by atoms with Gasteiger partial charge in [0, 0.05) is 50.6 Å². The molecule has 5 nitrogen and oxygen atoms in total. The molecule has 12 aromatic rings. The Balaban J connectivity index is 1.13. The summed E-state index contributed by atoms with van der Waals surface area (Å²) < 4.78 is 49.5. The number of hydrogen-bond acceptors (Lipinski definition) is 3. The summed E-state index contributed by atoms with van der Waals surface area (Å²) in [7, 11) is 0. The molecule has 4 aromatic heterocycles. The van der Waals surface area contributed by atoms with Gasteiger partial charge in [0.15, 0.2) is 0 Å². The zero-order chi connectivity index (χ0) is 46.8. The maximum atomic E-state index is 15.1. The van der Waals surface area contributed by atoms with Crippen molar-refractivity contribution in [3.63, 3.8) is 0 Å². The van der Waals surface area contributed by atoms with Crippen molar-refractivity contribution >= 4 is 43.6 Å². The van der Waals surface area contributed by atoms with E-state index in [0.717, 1.165) is 94.4 Å². The third-order valence-electron chi connectivity index (χ3n) is 13.2. The van der Waals surface area contributed by atoms with Crippen molar-refractivity contribution in [2.45, 2.75) is 13.1 Å². The summed E-state index contributed by atoms with van der Waals surface area (Å²) in [5, 5.41) is 14.9. The lowest BCUT2D eigenvalue weighted by molar-refractivity contribution is -0.137. The number of nitrogens with zero attached hydrogens (tertiary/aromatic N) is 5. The number of fused-ring (bicyclic) bond motifs is 6. The molecule has 12 rings (SSSR count). The zero-order valence-electron chi connectivity index (χ0n) is 37.1. The predicted molar refractivity (Wildman–Crippen MR) is 272 cm³/mol. The van der Waals surface area contributed by atoms with E-state index in [0.29, 0.717) is 16.9 Å². The Morgan fingerprint density at radius 1 is 0.435 bits per heavy atom. The van der Waals surface area contributed by atoms with Crippen LogP contribution in [0.25, 0.3) is 111 Å². The van der Waals surface area contributed by atoms with E-state index in [-0.39, 0.29) is 16.7 Å². The Kier molecular flexibility index (Phi) is 9.82. The van der Waals surface area contributed by atoms with Crippen LogP contribution in [0.15, 0.2) is 213 Å². The Labute approximate surface area is 395 Å². The highest BCUT2D eigenvalue weighted by atomic mass is 19.4. The van der Waals surface area contributed by atoms with Gasteiger partial charge in [-0.15, -0.1) is 0 Å². The van der Waals surface area contributed by atoms with Crippen LogP contribution in [0.4, 0.5) is 13.2 Å². The average Bonchev–Trinajstić information content (AvgIpc) is 3.90. The quantitative estimate of drug-likeness (QED) is 0.160. The van der Waals surface area contributed by atoms with E-state index >= 15 is 13.2 Å². The standard InChI is InChI=1S/C61H38F3N5/c1-38-13-12-20-51(61(62,63)64)60(38)48-36-59(69-55-22-11-9-19-47(55)50-32-42(24-26-57(50)69)44-28-30-67-53(34-44)40-16-6-3-7-17-40)58(35-45(48)37-65)68-54-21-10-8-18-46(54)49-31-41(23-25-56(49)68)43-27-29-66-52(33-43)39-14-4-2-5-15-39/h2-36H,1H3. The minimum absolute atomic E-state index is 0.0246.